The lowest BCUT2D eigenvalue weighted by Crippen LogP contribution is -2.65. The van der Waals surface area contributed by atoms with Crippen molar-refractivity contribution in [2.45, 2.75) is 112 Å². The molecule has 2 aromatic carbocycles. The number of aromatic hydroxyl groups is 3. The highest BCUT2D eigenvalue weighted by Crippen LogP contribution is 2.49. The molecule has 3 aromatic rings. The smallest absolute Gasteiger partial charge is 0.239 e. The Labute approximate surface area is 345 Å². The molecule has 338 valence electrons. The maximum absolute atomic E-state index is 14.9. The van der Waals surface area contributed by atoms with Crippen LogP contribution < -0.4 is 14.9 Å². The Bertz CT molecular complexity index is 2110. The van der Waals surface area contributed by atoms with Crippen LogP contribution >= 0.6 is 0 Å². The zero-order valence-corrected chi connectivity index (χ0v) is 32.8. The van der Waals surface area contributed by atoms with Gasteiger partial charge in [0.2, 0.25) is 17.5 Å². The van der Waals surface area contributed by atoms with E-state index in [9.17, 15) is 76.3 Å². The Morgan fingerprint density at radius 1 is 0.721 bits per heavy atom. The van der Waals surface area contributed by atoms with Gasteiger partial charge in [-0.15, -0.1) is 0 Å². The number of methoxy groups -OCH3 is 1. The van der Waals surface area contributed by atoms with Crippen molar-refractivity contribution in [1.29, 1.82) is 0 Å². The van der Waals surface area contributed by atoms with Crippen molar-refractivity contribution in [3.63, 3.8) is 0 Å². The molecule has 3 aliphatic rings. The van der Waals surface area contributed by atoms with Gasteiger partial charge in [-0.3, -0.25) is 4.79 Å². The molecule has 4 heterocycles. The summed E-state index contributed by atoms with van der Waals surface area (Å²) in [5.41, 5.74) is -2.13. The van der Waals surface area contributed by atoms with Crippen molar-refractivity contribution < 1.29 is 104 Å². The number of allylic oxidation sites excluding steroid dienone is 2. The van der Waals surface area contributed by atoms with E-state index in [1.165, 1.54) is 19.2 Å². The molecule has 0 amide bonds. The Hall–Kier alpha value is -4.21. The van der Waals surface area contributed by atoms with Gasteiger partial charge in [0.25, 0.3) is 0 Å². The highest BCUT2D eigenvalue weighted by atomic mass is 16.7. The number of aliphatic hydroxyl groups excluding tert-OH is 11. The summed E-state index contributed by atoms with van der Waals surface area (Å²) in [6.07, 6.45) is -26.5. The minimum Gasteiger partial charge on any atom is -0.507 e. The molecule has 15 unspecified atom stereocenters. The first-order valence-corrected chi connectivity index (χ1v) is 19.0. The number of ether oxygens (including phenoxy) is 6. The predicted octanol–water partition coefficient (Wildman–Crippen LogP) is -3.39. The van der Waals surface area contributed by atoms with Gasteiger partial charge < -0.3 is 104 Å². The number of phenolic OH excluding ortho intramolecular Hbond substituents is 3. The lowest BCUT2D eigenvalue weighted by molar-refractivity contribution is -0.352. The summed E-state index contributed by atoms with van der Waals surface area (Å²) < 4.78 is 39.9. The third-order valence-corrected chi connectivity index (χ3v) is 10.9. The van der Waals surface area contributed by atoms with Gasteiger partial charge in [0.1, 0.15) is 96.2 Å². The minimum absolute atomic E-state index is 0.107. The van der Waals surface area contributed by atoms with Gasteiger partial charge >= 0.3 is 0 Å². The first kappa shape index (κ1) is 46.3. The Balaban J connectivity index is 1.52. The molecule has 0 saturated carbocycles. The number of hydrogen-bond donors (Lipinski definition) is 14. The molecule has 0 radical (unpaired) electrons. The van der Waals surface area contributed by atoms with E-state index < -0.39 is 157 Å². The molecular formula is C39H50O22. The Kier molecular flexibility index (Phi) is 14.1. The fourth-order valence-corrected chi connectivity index (χ4v) is 7.45. The van der Waals surface area contributed by atoms with Crippen molar-refractivity contribution in [2.75, 3.05) is 26.9 Å². The van der Waals surface area contributed by atoms with Gasteiger partial charge in [-0.05, 0) is 38.5 Å². The van der Waals surface area contributed by atoms with Crippen LogP contribution in [0.1, 0.15) is 31.1 Å². The highest BCUT2D eigenvalue weighted by Gasteiger charge is 2.52. The Morgan fingerprint density at radius 3 is 1.92 bits per heavy atom. The SMILES string of the molecule is COc1cc(-c2oc3c(C4OC(CO)C(O)C(O)C4O)c(O)c(CC=C(C)C)c(O)c3c(=O)c2OC2OC(CO)C(OC3OC(CO)C(O)C(O)C3O)C(O)C2O)ccc1O. The number of fused-ring (bicyclic) bond motifs is 1. The summed E-state index contributed by atoms with van der Waals surface area (Å²) in [5, 5.41) is 149. The van der Waals surface area contributed by atoms with Crippen LogP contribution in [0.25, 0.3) is 22.3 Å². The topological polar surface area (TPSA) is 369 Å². The average Bonchev–Trinajstić information content (AvgIpc) is 3.23. The fraction of sp³-hybridized carbons (Fsp3) is 0.564. The molecule has 1 aromatic heterocycles. The van der Waals surface area contributed by atoms with Gasteiger partial charge in [-0.25, -0.2) is 0 Å². The highest BCUT2D eigenvalue weighted by molar-refractivity contribution is 5.93. The summed E-state index contributed by atoms with van der Waals surface area (Å²) in [5.74, 6) is -3.61. The minimum atomic E-state index is -2.18. The average molecular weight is 871 g/mol. The van der Waals surface area contributed by atoms with Crippen molar-refractivity contribution in [2.24, 2.45) is 0 Å². The molecule has 61 heavy (non-hydrogen) atoms. The third-order valence-electron chi connectivity index (χ3n) is 10.9. The van der Waals surface area contributed by atoms with Crippen LogP contribution in [0.5, 0.6) is 28.7 Å². The first-order valence-electron chi connectivity index (χ1n) is 19.0. The summed E-state index contributed by atoms with van der Waals surface area (Å²) in [6, 6.07) is 3.53. The fourth-order valence-electron chi connectivity index (χ4n) is 7.45. The predicted molar refractivity (Wildman–Crippen MR) is 202 cm³/mol. The zero-order chi connectivity index (χ0) is 44.8. The number of hydrogen-bond acceptors (Lipinski definition) is 22. The summed E-state index contributed by atoms with van der Waals surface area (Å²) in [7, 11) is 1.21. The molecule has 0 spiro atoms. The second-order valence-corrected chi connectivity index (χ2v) is 15.1. The number of aliphatic hydroxyl groups is 11. The van der Waals surface area contributed by atoms with Gasteiger partial charge in [0.15, 0.2) is 29.1 Å². The number of benzene rings is 2. The maximum atomic E-state index is 14.9. The van der Waals surface area contributed by atoms with E-state index >= 15 is 0 Å². The second kappa shape index (κ2) is 18.6. The van der Waals surface area contributed by atoms with Crippen LogP contribution in [0, 0.1) is 0 Å². The lowest BCUT2D eigenvalue weighted by Gasteiger charge is -2.45. The molecule has 22 nitrogen and oxygen atoms in total. The van der Waals surface area contributed by atoms with E-state index in [0.29, 0.717) is 5.57 Å². The standard InChI is InChI=1S/C39H50O22/c1-12(2)4-6-14-22(44)20-26(48)37(61-39-32(54)30(52)34(19(11-42)58-39)60-38-31(53)28(50)25(47)18(10-41)57-38)33(13-5-7-15(43)16(8-13)55-3)59-35(20)21(23(14)45)36-29(51)27(49)24(46)17(9-40)56-36/h4-5,7-8,17-19,24-25,27-32,34,36,38-47,49-54H,6,9-11H2,1-3H3. The normalized spacial score (nSPS) is 34.3. The quantitative estimate of drug-likeness (QED) is 0.0789. The molecule has 3 saturated heterocycles. The Morgan fingerprint density at radius 2 is 1.31 bits per heavy atom. The lowest BCUT2D eigenvalue weighted by atomic mass is 9.88. The summed E-state index contributed by atoms with van der Waals surface area (Å²) >= 11 is 0. The number of phenols is 3. The van der Waals surface area contributed by atoms with Gasteiger partial charge in [0, 0.05) is 11.1 Å². The molecule has 15 atom stereocenters. The van der Waals surface area contributed by atoms with E-state index in [-0.39, 0.29) is 29.0 Å². The largest absolute Gasteiger partial charge is 0.507 e. The number of rotatable bonds is 12. The van der Waals surface area contributed by atoms with Crippen molar-refractivity contribution >= 4 is 11.0 Å². The molecule has 3 fully saturated rings. The molecule has 6 rings (SSSR count). The molecular weight excluding hydrogens is 820 g/mol. The molecule has 14 N–H and O–H groups in total. The van der Waals surface area contributed by atoms with Crippen molar-refractivity contribution in [3.05, 3.63) is 51.2 Å². The van der Waals surface area contributed by atoms with Crippen LogP contribution in [0.2, 0.25) is 0 Å². The van der Waals surface area contributed by atoms with Gasteiger partial charge in [-0.2, -0.15) is 0 Å². The monoisotopic (exact) mass is 870 g/mol. The van der Waals surface area contributed by atoms with Crippen LogP contribution in [-0.4, -0.2) is 184 Å². The van der Waals surface area contributed by atoms with E-state index in [4.69, 9.17) is 32.8 Å². The zero-order valence-electron chi connectivity index (χ0n) is 32.8. The van der Waals surface area contributed by atoms with Crippen molar-refractivity contribution in [1.82, 2.24) is 0 Å². The van der Waals surface area contributed by atoms with E-state index in [1.54, 1.807) is 19.9 Å². The van der Waals surface area contributed by atoms with Crippen LogP contribution in [0.4, 0.5) is 0 Å². The summed E-state index contributed by atoms with van der Waals surface area (Å²) in [4.78, 5) is 14.9. The van der Waals surface area contributed by atoms with Crippen molar-refractivity contribution in [3.8, 4) is 40.1 Å². The maximum Gasteiger partial charge on any atom is 0.239 e. The second-order valence-electron chi connectivity index (χ2n) is 15.1. The summed E-state index contributed by atoms with van der Waals surface area (Å²) in [6.45, 7) is 0.735. The van der Waals surface area contributed by atoms with Gasteiger partial charge in [0.05, 0.1) is 32.5 Å². The van der Waals surface area contributed by atoms with Crippen LogP contribution in [0.3, 0.4) is 0 Å². The molecule has 0 bridgehead atoms. The van der Waals surface area contributed by atoms with Gasteiger partial charge in [-0.1, -0.05) is 11.6 Å². The van der Waals surface area contributed by atoms with Crippen LogP contribution in [-0.2, 0) is 25.4 Å². The first-order chi connectivity index (χ1) is 28.9. The van der Waals surface area contributed by atoms with Crippen LogP contribution in [0.15, 0.2) is 39.1 Å². The third kappa shape index (κ3) is 8.50. The molecule has 3 aliphatic heterocycles. The van der Waals surface area contributed by atoms with E-state index in [1.807, 2.05) is 0 Å². The van der Waals surface area contributed by atoms with E-state index in [2.05, 4.69) is 0 Å². The molecule has 0 aliphatic carbocycles. The molecule has 22 heteroatoms. The van der Waals surface area contributed by atoms with E-state index in [0.717, 1.165) is 6.07 Å².